The number of rotatable bonds is 8. The van der Waals surface area contributed by atoms with Gasteiger partial charge in [-0.15, -0.1) is 0 Å². The number of carbonyl (C=O) groups excluding carboxylic acids is 1. The van der Waals surface area contributed by atoms with Crippen molar-refractivity contribution in [1.29, 1.82) is 0 Å². The van der Waals surface area contributed by atoms with Gasteiger partial charge in [0.25, 0.3) is 5.91 Å². The number of nitrogens with zero attached hydrogens (tertiary/aromatic N) is 1. The van der Waals surface area contributed by atoms with E-state index in [0.717, 1.165) is 45.7 Å². The minimum atomic E-state index is -3.44. The average molecular weight is 413 g/mol. The predicted molar refractivity (Wildman–Crippen MR) is 104 cm³/mol. The average Bonchev–Trinajstić information content (AvgIpc) is 3.23. The number of carbonyl (C=O) groups is 1. The molecule has 2 aliphatic rings. The van der Waals surface area contributed by atoms with Gasteiger partial charge in [0.05, 0.1) is 31.2 Å². The SMILES string of the molecule is Cc1cc(S(=O)(=O)N2CCCC2)ccc1OCC(=O)NCC[NH+]1CCOCC1. The fraction of sp³-hybridized carbons (Fsp3) is 0.632. The van der Waals surface area contributed by atoms with E-state index in [0.29, 0.717) is 30.9 Å². The Balaban J connectivity index is 1.47. The molecular weight excluding hydrogens is 382 g/mol. The lowest BCUT2D eigenvalue weighted by molar-refractivity contribution is -0.906. The van der Waals surface area contributed by atoms with Crippen LogP contribution in [0.5, 0.6) is 5.75 Å². The van der Waals surface area contributed by atoms with E-state index in [2.05, 4.69) is 5.32 Å². The van der Waals surface area contributed by atoms with Crippen molar-refractivity contribution in [2.45, 2.75) is 24.7 Å². The number of hydrogen-bond acceptors (Lipinski definition) is 5. The number of morpholine rings is 1. The van der Waals surface area contributed by atoms with Crippen LogP contribution in [-0.2, 0) is 19.6 Å². The molecule has 0 spiro atoms. The van der Waals surface area contributed by atoms with Gasteiger partial charge in [-0.25, -0.2) is 8.42 Å². The van der Waals surface area contributed by atoms with E-state index < -0.39 is 10.0 Å². The number of benzene rings is 1. The van der Waals surface area contributed by atoms with E-state index >= 15 is 0 Å². The normalized spacial score (nSPS) is 18.9. The van der Waals surface area contributed by atoms with E-state index in [4.69, 9.17) is 9.47 Å². The maximum absolute atomic E-state index is 12.6. The van der Waals surface area contributed by atoms with E-state index in [1.54, 1.807) is 25.1 Å². The molecule has 8 nitrogen and oxygen atoms in total. The van der Waals surface area contributed by atoms with Crippen molar-refractivity contribution in [2.24, 2.45) is 0 Å². The first-order valence-electron chi connectivity index (χ1n) is 9.88. The van der Waals surface area contributed by atoms with Crippen molar-refractivity contribution < 1.29 is 27.6 Å². The van der Waals surface area contributed by atoms with E-state index in [1.165, 1.54) is 9.21 Å². The highest BCUT2D eigenvalue weighted by atomic mass is 32.2. The number of ether oxygens (including phenoxy) is 2. The van der Waals surface area contributed by atoms with Crippen LogP contribution in [0.1, 0.15) is 18.4 Å². The third kappa shape index (κ3) is 5.44. The summed E-state index contributed by atoms with van der Waals surface area (Å²) in [6, 6.07) is 4.79. The molecule has 0 bridgehead atoms. The number of aryl methyl sites for hydroxylation is 1. The maximum atomic E-state index is 12.6. The fourth-order valence-corrected chi connectivity index (χ4v) is 5.11. The van der Waals surface area contributed by atoms with Gasteiger partial charge in [0, 0.05) is 13.1 Å². The van der Waals surface area contributed by atoms with Crippen LogP contribution in [0.3, 0.4) is 0 Å². The highest BCUT2D eigenvalue weighted by Crippen LogP contribution is 2.26. The van der Waals surface area contributed by atoms with Gasteiger partial charge in [0.15, 0.2) is 6.61 Å². The number of quaternary nitrogens is 1. The molecule has 9 heteroatoms. The second-order valence-corrected chi connectivity index (χ2v) is 9.23. The lowest BCUT2D eigenvalue weighted by atomic mass is 10.2. The third-order valence-electron chi connectivity index (χ3n) is 5.21. The predicted octanol–water partition coefficient (Wildman–Crippen LogP) is -0.810. The maximum Gasteiger partial charge on any atom is 0.258 e. The van der Waals surface area contributed by atoms with Gasteiger partial charge in [-0.05, 0) is 43.5 Å². The topological polar surface area (TPSA) is 89.4 Å². The van der Waals surface area contributed by atoms with Gasteiger partial charge < -0.3 is 19.7 Å². The standard InChI is InChI=1S/C19H29N3O5S/c1-16-14-17(28(24,25)22-7-2-3-8-22)4-5-18(16)27-15-19(23)20-6-9-21-10-12-26-13-11-21/h4-5,14H,2-3,6-13,15H2,1H3,(H,20,23)/p+1. The molecule has 28 heavy (non-hydrogen) atoms. The molecule has 1 amide bonds. The molecule has 0 unspecified atom stereocenters. The first kappa shape index (κ1) is 21.0. The van der Waals surface area contributed by atoms with E-state index in [1.807, 2.05) is 0 Å². The first-order chi connectivity index (χ1) is 13.5. The number of sulfonamides is 1. The summed E-state index contributed by atoms with van der Waals surface area (Å²) in [5.41, 5.74) is 0.700. The lowest BCUT2D eigenvalue weighted by Gasteiger charge is -2.23. The molecule has 0 radical (unpaired) electrons. The Hall–Kier alpha value is -1.68. The monoisotopic (exact) mass is 412 g/mol. The summed E-state index contributed by atoms with van der Waals surface area (Å²) in [4.78, 5) is 13.7. The number of nitrogens with one attached hydrogen (secondary N) is 2. The Kier molecular flexibility index (Phi) is 7.28. The zero-order chi connectivity index (χ0) is 20.0. The van der Waals surface area contributed by atoms with Crippen LogP contribution in [0.2, 0.25) is 0 Å². The van der Waals surface area contributed by atoms with Gasteiger partial charge in [-0.1, -0.05) is 0 Å². The van der Waals surface area contributed by atoms with Crippen LogP contribution in [0, 0.1) is 6.92 Å². The molecule has 1 aromatic carbocycles. The van der Waals surface area contributed by atoms with Gasteiger partial charge in [-0.3, -0.25) is 4.79 Å². The van der Waals surface area contributed by atoms with Gasteiger partial charge in [0.2, 0.25) is 10.0 Å². The number of amides is 1. The van der Waals surface area contributed by atoms with Gasteiger partial charge >= 0.3 is 0 Å². The Morgan fingerprint density at radius 2 is 1.96 bits per heavy atom. The molecule has 1 aromatic rings. The lowest BCUT2D eigenvalue weighted by Crippen LogP contribution is -3.14. The highest BCUT2D eigenvalue weighted by Gasteiger charge is 2.27. The first-order valence-corrected chi connectivity index (χ1v) is 11.3. The molecular formula is C19H30N3O5S+. The molecule has 0 aromatic heterocycles. The van der Waals surface area contributed by atoms with Crippen LogP contribution in [0.25, 0.3) is 0 Å². The minimum absolute atomic E-state index is 0.0858. The molecule has 2 heterocycles. The summed E-state index contributed by atoms with van der Waals surface area (Å²) in [6.45, 7) is 7.81. The van der Waals surface area contributed by atoms with Crippen molar-refractivity contribution in [3.63, 3.8) is 0 Å². The molecule has 0 atom stereocenters. The molecule has 0 aliphatic carbocycles. The number of hydrogen-bond donors (Lipinski definition) is 2. The molecule has 156 valence electrons. The second kappa shape index (κ2) is 9.69. The van der Waals surface area contributed by atoms with Gasteiger partial charge in [-0.2, -0.15) is 4.31 Å². The smallest absolute Gasteiger partial charge is 0.258 e. The largest absolute Gasteiger partial charge is 0.484 e. The Bertz CT molecular complexity index is 772. The van der Waals surface area contributed by atoms with E-state index in [-0.39, 0.29) is 17.4 Å². The van der Waals surface area contributed by atoms with E-state index in [9.17, 15) is 13.2 Å². The molecule has 3 rings (SSSR count). The minimum Gasteiger partial charge on any atom is -0.484 e. The highest BCUT2D eigenvalue weighted by molar-refractivity contribution is 7.89. The molecule has 2 saturated heterocycles. The molecule has 2 aliphatic heterocycles. The zero-order valence-corrected chi connectivity index (χ0v) is 17.2. The molecule has 2 fully saturated rings. The summed E-state index contributed by atoms with van der Waals surface area (Å²) < 4.78 is 37.7. The van der Waals surface area contributed by atoms with Crippen molar-refractivity contribution >= 4 is 15.9 Å². The van der Waals surface area contributed by atoms with Crippen LogP contribution < -0.4 is 15.0 Å². The zero-order valence-electron chi connectivity index (χ0n) is 16.4. The Morgan fingerprint density at radius 1 is 1.25 bits per heavy atom. The van der Waals surface area contributed by atoms with Gasteiger partial charge in [0.1, 0.15) is 18.8 Å². The Morgan fingerprint density at radius 3 is 2.64 bits per heavy atom. The second-order valence-electron chi connectivity index (χ2n) is 7.29. The van der Waals surface area contributed by atoms with Crippen LogP contribution >= 0.6 is 0 Å². The fourth-order valence-electron chi connectivity index (χ4n) is 3.50. The van der Waals surface area contributed by atoms with Crippen molar-refractivity contribution in [3.8, 4) is 5.75 Å². The Labute approximate surface area is 166 Å². The van der Waals surface area contributed by atoms with Crippen molar-refractivity contribution in [1.82, 2.24) is 9.62 Å². The van der Waals surface area contributed by atoms with Crippen molar-refractivity contribution in [3.05, 3.63) is 23.8 Å². The van der Waals surface area contributed by atoms with Crippen LogP contribution in [0.4, 0.5) is 0 Å². The van der Waals surface area contributed by atoms with Crippen LogP contribution in [-0.4, -0.2) is 77.7 Å². The van der Waals surface area contributed by atoms with Crippen molar-refractivity contribution in [2.75, 3.05) is 59.1 Å². The molecule has 0 saturated carbocycles. The third-order valence-corrected chi connectivity index (χ3v) is 7.10. The quantitative estimate of drug-likeness (QED) is 0.583. The van der Waals surface area contributed by atoms with Crippen LogP contribution in [0.15, 0.2) is 23.1 Å². The molecule has 2 N–H and O–H groups in total. The summed E-state index contributed by atoms with van der Waals surface area (Å²) in [5, 5.41) is 2.86. The summed E-state index contributed by atoms with van der Waals surface area (Å²) >= 11 is 0. The summed E-state index contributed by atoms with van der Waals surface area (Å²) in [5.74, 6) is 0.343. The summed E-state index contributed by atoms with van der Waals surface area (Å²) in [7, 11) is -3.44. The summed E-state index contributed by atoms with van der Waals surface area (Å²) in [6.07, 6.45) is 1.81.